The molecule has 0 bridgehead atoms. The highest BCUT2D eigenvalue weighted by atomic mass is 19.4. The van der Waals surface area contributed by atoms with Gasteiger partial charge in [0, 0.05) is 0 Å². The van der Waals surface area contributed by atoms with Gasteiger partial charge in [0.25, 0.3) is 6.43 Å². The summed E-state index contributed by atoms with van der Waals surface area (Å²) in [6, 6.07) is 0. The summed E-state index contributed by atoms with van der Waals surface area (Å²) in [5.74, 6) is -2.71. The second-order valence-electron chi connectivity index (χ2n) is 6.82. The lowest BCUT2D eigenvalue weighted by Crippen LogP contribution is -2.27. The second kappa shape index (κ2) is 8.18. The Morgan fingerprint density at radius 3 is 2.00 bits per heavy atom. The summed E-state index contributed by atoms with van der Waals surface area (Å²) in [5.41, 5.74) is -6.38. The summed E-state index contributed by atoms with van der Waals surface area (Å²) in [4.78, 5) is 27.3. The number of pyridine rings is 1. The van der Waals surface area contributed by atoms with E-state index in [1.54, 1.807) is 20.8 Å². The Morgan fingerprint density at radius 2 is 1.63 bits per heavy atom. The molecule has 0 aromatic carbocycles. The Hall–Kier alpha value is -2.26. The van der Waals surface area contributed by atoms with Gasteiger partial charge in [0.05, 0.1) is 24.8 Å². The van der Waals surface area contributed by atoms with E-state index in [2.05, 4.69) is 14.5 Å². The molecule has 0 fully saturated rings. The normalized spacial score (nSPS) is 12.3. The molecular formula is C17H20F5NO4. The van der Waals surface area contributed by atoms with Crippen molar-refractivity contribution >= 4 is 11.9 Å². The Kier molecular flexibility index (Phi) is 6.90. The summed E-state index contributed by atoms with van der Waals surface area (Å²) < 4.78 is 76.5. The monoisotopic (exact) mass is 397 g/mol. The fourth-order valence-corrected chi connectivity index (χ4v) is 2.48. The summed E-state index contributed by atoms with van der Waals surface area (Å²) in [5, 5.41) is 0. The van der Waals surface area contributed by atoms with Crippen molar-refractivity contribution in [2.24, 2.45) is 5.41 Å². The third-order valence-corrected chi connectivity index (χ3v) is 3.38. The van der Waals surface area contributed by atoms with Crippen LogP contribution in [-0.2, 0) is 22.1 Å². The molecule has 0 spiro atoms. The lowest BCUT2D eigenvalue weighted by Gasteiger charge is -2.25. The van der Waals surface area contributed by atoms with Crippen LogP contribution in [-0.4, -0.2) is 30.6 Å². The number of hydrogen-bond acceptors (Lipinski definition) is 5. The topological polar surface area (TPSA) is 65.5 Å². The number of ether oxygens (including phenoxy) is 2. The molecule has 1 aromatic heterocycles. The Morgan fingerprint density at radius 1 is 1.07 bits per heavy atom. The van der Waals surface area contributed by atoms with Crippen LogP contribution in [0.25, 0.3) is 0 Å². The maximum atomic E-state index is 13.5. The predicted molar refractivity (Wildman–Crippen MR) is 84.7 cm³/mol. The minimum atomic E-state index is -5.22. The van der Waals surface area contributed by atoms with E-state index in [1.165, 1.54) is 6.92 Å². The van der Waals surface area contributed by atoms with E-state index in [4.69, 9.17) is 0 Å². The summed E-state index contributed by atoms with van der Waals surface area (Å²) in [6.07, 6.45) is -9.00. The number of esters is 2. The third-order valence-electron chi connectivity index (χ3n) is 3.38. The van der Waals surface area contributed by atoms with E-state index >= 15 is 0 Å². The van der Waals surface area contributed by atoms with E-state index in [0.29, 0.717) is 0 Å². The van der Waals surface area contributed by atoms with E-state index in [-0.39, 0.29) is 13.0 Å². The Labute approximate surface area is 152 Å². The van der Waals surface area contributed by atoms with E-state index in [9.17, 15) is 31.5 Å². The standard InChI is InChI=1S/C17H20F5NO4/c1-6-27-15(25)10-8(7-16(2,3)4)9(14(24)26-5)11(13(18)19)23-12(10)17(20,21)22/h13H,6-7H2,1-5H3. The van der Waals surface area contributed by atoms with Crippen molar-refractivity contribution in [2.45, 2.75) is 46.7 Å². The van der Waals surface area contributed by atoms with Crippen molar-refractivity contribution in [3.63, 3.8) is 0 Å². The van der Waals surface area contributed by atoms with E-state index in [1.807, 2.05) is 0 Å². The van der Waals surface area contributed by atoms with E-state index < -0.39 is 58.0 Å². The maximum Gasteiger partial charge on any atom is 0.434 e. The quantitative estimate of drug-likeness (QED) is 0.537. The van der Waals surface area contributed by atoms with Crippen LogP contribution in [0, 0.1) is 5.41 Å². The maximum absolute atomic E-state index is 13.5. The van der Waals surface area contributed by atoms with Crippen molar-refractivity contribution in [1.82, 2.24) is 4.98 Å². The minimum Gasteiger partial charge on any atom is -0.465 e. The number of halogens is 5. The number of rotatable bonds is 5. The van der Waals surface area contributed by atoms with Crippen LogP contribution in [0.3, 0.4) is 0 Å². The average Bonchev–Trinajstić information content (AvgIpc) is 2.50. The van der Waals surface area contributed by atoms with Crippen LogP contribution < -0.4 is 0 Å². The van der Waals surface area contributed by atoms with Gasteiger partial charge in [-0.1, -0.05) is 20.8 Å². The lowest BCUT2D eigenvalue weighted by molar-refractivity contribution is -0.142. The first-order chi connectivity index (χ1) is 12.2. The fraction of sp³-hybridized carbons (Fsp3) is 0.588. The van der Waals surface area contributed by atoms with Gasteiger partial charge in [0.1, 0.15) is 5.69 Å². The summed E-state index contributed by atoms with van der Waals surface area (Å²) >= 11 is 0. The number of nitrogens with zero attached hydrogens (tertiary/aromatic N) is 1. The van der Waals surface area contributed by atoms with Gasteiger partial charge in [0.2, 0.25) is 0 Å². The Balaban J connectivity index is 4.09. The van der Waals surface area contributed by atoms with Crippen LogP contribution in [0.4, 0.5) is 22.0 Å². The van der Waals surface area contributed by atoms with Gasteiger partial charge in [-0.25, -0.2) is 23.4 Å². The smallest absolute Gasteiger partial charge is 0.434 e. The van der Waals surface area contributed by atoms with Crippen LogP contribution in [0.15, 0.2) is 0 Å². The molecule has 0 aliphatic heterocycles. The van der Waals surface area contributed by atoms with Crippen LogP contribution >= 0.6 is 0 Å². The van der Waals surface area contributed by atoms with Crippen molar-refractivity contribution in [2.75, 3.05) is 13.7 Å². The van der Waals surface area contributed by atoms with Crippen LogP contribution in [0.5, 0.6) is 0 Å². The van der Waals surface area contributed by atoms with Crippen LogP contribution in [0.1, 0.15) is 71.8 Å². The molecule has 0 unspecified atom stereocenters. The van der Waals surface area contributed by atoms with Gasteiger partial charge in [0.15, 0.2) is 5.69 Å². The summed E-state index contributed by atoms with van der Waals surface area (Å²) in [6.45, 7) is 5.95. The molecule has 0 atom stereocenters. The predicted octanol–water partition coefficient (Wildman–Crippen LogP) is 4.59. The van der Waals surface area contributed by atoms with Gasteiger partial charge in [-0.3, -0.25) is 0 Å². The summed E-state index contributed by atoms with van der Waals surface area (Å²) in [7, 11) is 0.889. The molecular weight excluding hydrogens is 377 g/mol. The third kappa shape index (κ3) is 5.36. The van der Waals surface area contributed by atoms with Crippen molar-refractivity contribution in [1.29, 1.82) is 0 Å². The van der Waals surface area contributed by atoms with Gasteiger partial charge in [-0.05, 0) is 24.3 Å². The number of methoxy groups -OCH3 is 1. The molecule has 1 aromatic rings. The number of carbonyl (C=O) groups excluding carboxylic acids is 2. The molecule has 0 aliphatic carbocycles. The number of hydrogen-bond donors (Lipinski definition) is 0. The van der Waals surface area contributed by atoms with Gasteiger partial charge in [-0.15, -0.1) is 0 Å². The molecule has 0 N–H and O–H groups in total. The van der Waals surface area contributed by atoms with Gasteiger partial charge >= 0.3 is 18.1 Å². The molecule has 10 heteroatoms. The molecule has 0 radical (unpaired) electrons. The minimum absolute atomic E-state index is 0.255. The van der Waals surface area contributed by atoms with Gasteiger partial charge in [-0.2, -0.15) is 13.2 Å². The average molecular weight is 397 g/mol. The zero-order valence-corrected chi connectivity index (χ0v) is 15.5. The molecule has 0 aliphatic rings. The highest BCUT2D eigenvalue weighted by Crippen LogP contribution is 2.39. The van der Waals surface area contributed by atoms with E-state index in [0.717, 1.165) is 7.11 Å². The molecule has 0 saturated carbocycles. The largest absolute Gasteiger partial charge is 0.465 e. The molecule has 5 nitrogen and oxygen atoms in total. The fourth-order valence-electron chi connectivity index (χ4n) is 2.48. The number of carbonyl (C=O) groups is 2. The molecule has 0 saturated heterocycles. The first kappa shape index (κ1) is 22.8. The van der Waals surface area contributed by atoms with Gasteiger partial charge < -0.3 is 9.47 Å². The van der Waals surface area contributed by atoms with Crippen LogP contribution in [0.2, 0.25) is 0 Å². The molecule has 1 heterocycles. The highest BCUT2D eigenvalue weighted by molar-refractivity contribution is 5.99. The molecule has 152 valence electrons. The number of alkyl halides is 5. The highest BCUT2D eigenvalue weighted by Gasteiger charge is 2.43. The lowest BCUT2D eigenvalue weighted by atomic mass is 9.83. The molecule has 0 amide bonds. The zero-order valence-electron chi connectivity index (χ0n) is 15.5. The molecule has 1 rings (SSSR count). The first-order valence-corrected chi connectivity index (χ1v) is 7.92. The SMILES string of the molecule is CCOC(=O)c1c(C(F)(F)F)nc(C(F)F)c(C(=O)OC)c1CC(C)(C)C. The van der Waals surface area contributed by atoms with Crippen molar-refractivity contribution < 1.29 is 41.0 Å². The Bertz CT molecular complexity index is 724. The molecule has 27 heavy (non-hydrogen) atoms. The number of aromatic nitrogens is 1. The zero-order chi connectivity index (χ0) is 21.2. The second-order valence-corrected chi connectivity index (χ2v) is 6.82. The van der Waals surface area contributed by atoms with Crippen molar-refractivity contribution in [3.05, 3.63) is 28.1 Å². The van der Waals surface area contributed by atoms with Crippen molar-refractivity contribution in [3.8, 4) is 0 Å². The first-order valence-electron chi connectivity index (χ1n) is 7.92.